The summed E-state index contributed by atoms with van der Waals surface area (Å²) in [5.41, 5.74) is 4.03. The zero-order valence-electron chi connectivity index (χ0n) is 17.9. The molecule has 0 unspecified atom stereocenters. The van der Waals surface area contributed by atoms with Crippen LogP contribution in [-0.2, 0) is 0 Å². The number of hydrogen-bond acceptors (Lipinski definition) is 3. The summed E-state index contributed by atoms with van der Waals surface area (Å²) < 4.78 is 0. The topological polar surface area (TPSA) is 18.8 Å². The summed E-state index contributed by atoms with van der Waals surface area (Å²) >= 11 is 6.62. The van der Waals surface area contributed by atoms with E-state index in [1.54, 1.807) is 0 Å². The Hall–Kier alpha value is -3.30. The van der Waals surface area contributed by atoms with Crippen LogP contribution in [0.25, 0.3) is 10.8 Å². The van der Waals surface area contributed by atoms with Gasteiger partial charge in [-0.25, -0.2) is 5.01 Å². The summed E-state index contributed by atoms with van der Waals surface area (Å²) in [4.78, 5) is 2.28. The molecule has 31 heavy (non-hydrogen) atoms. The first kappa shape index (κ1) is 21.0. The molecule has 0 N–H and O–H groups in total. The maximum absolute atomic E-state index is 6.62. The molecule has 0 aliphatic rings. The molecule has 156 valence electrons. The van der Waals surface area contributed by atoms with Crippen LogP contribution in [0.2, 0.25) is 5.02 Å². The SMILES string of the molecule is CCN(CC)c1ccc(/C=N\N(c2ccccc2)c2cccc3ccccc23)c(Cl)c1. The van der Waals surface area contributed by atoms with Gasteiger partial charge in [-0.1, -0.05) is 66.2 Å². The van der Waals surface area contributed by atoms with Crippen LogP contribution in [0.4, 0.5) is 17.1 Å². The van der Waals surface area contributed by atoms with Gasteiger partial charge in [-0.15, -0.1) is 0 Å². The predicted molar refractivity (Wildman–Crippen MR) is 135 cm³/mol. The first-order valence-corrected chi connectivity index (χ1v) is 11.0. The van der Waals surface area contributed by atoms with Gasteiger partial charge in [0.15, 0.2) is 0 Å². The third-order valence-corrected chi connectivity index (χ3v) is 5.75. The quantitative estimate of drug-likeness (QED) is 0.224. The molecule has 0 aliphatic carbocycles. The van der Waals surface area contributed by atoms with E-state index in [-0.39, 0.29) is 0 Å². The Balaban J connectivity index is 1.75. The molecule has 4 aromatic rings. The largest absolute Gasteiger partial charge is 0.372 e. The van der Waals surface area contributed by atoms with Gasteiger partial charge in [-0.2, -0.15) is 5.10 Å². The molecule has 0 heterocycles. The fraction of sp³-hybridized carbons (Fsp3) is 0.148. The second-order valence-electron chi connectivity index (χ2n) is 7.27. The molecule has 0 bridgehead atoms. The van der Waals surface area contributed by atoms with Gasteiger partial charge in [-0.3, -0.25) is 0 Å². The number of fused-ring (bicyclic) bond motifs is 1. The van der Waals surface area contributed by atoms with Crippen molar-refractivity contribution < 1.29 is 0 Å². The molecule has 0 aliphatic heterocycles. The van der Waals surface area contributed by atoms with Crippen molar-refractivity contribution in [2.45, 2.75) is 13.8 Å². The van der Waals surface area contributed by atoms with Crippen molar-refractivity contribution in [1.29, 1.82) is 0 Å². The highest BCUT2D eigenvalue weighted by Crippen LogP contribution is 2.33. The van der Waals surface area contributed by atoms with Gasteiger partial charge in [-0.05, 0) is 55.6 Å². The van der Waals surface area contributed by atoms with Gasteiger partial charge < -0.3 is 4.90 Å². The Morgan fingerprint density at radius 3 is 2.23 bits per heavy atom. The zero-order chi connectivity index (χ0) is 21.6. The molecule has 0 saturated carbocycles. The van der Waals surface area contributed by atoms with Gasteiger partial charge >= 0.3 is 0 Å². The van der Waals surface area contributed by atoms with E-state index in [1.807, 2.05) is 41.6 Å². The fourth-order valence-corrected chi connectivity index (χ4v) is 3.98. The van der Waals surface area contributed by atoms with E-state index in [0.717, 1.165) is 41.1 Å². The van der Waals surface area contributed by atoms with Crippen LogP contribution < -0.4 is 9.91 Å². The molecule has 0 radical (unpaired) electrons. The van der Waals surface area contributed by atoms with Crippen molar-refractivity contribution in [3.8, 4) is 0 Å². The molecule has 0 spiro atoms. The number of anilines is 3. The second-order valence-corrected chi connectivity index (χ2v) is 7.68. The van der Waals surface area contributed by atoms with Crippen LogP contribution in [0.1, 0.15) is 19.4 Å². The van der Waals surface area contributed by atoms with E-state index >= 15 is 0 Å². The van der Waals surface area contributed by atoms with E-state index in [4.69, 9.17) is 16.7 Å². The van der Waals surface area contributed by atoms with Gasteiger partial charge in [0.05, 0.1) is 22.6 Å². The van der Waals surface area contributed by atoms with E-state index < -0.39 is 0 Å². The van der Waals surface area contributed by atoms with Crippen molar-refractivity contribution in [3.63, 3.8) is 0 Å². The lowest BCUT2D eigenvalue weighted by Gasteiger charge is -2.22. The highest BCUT2D eigenvalue weighted by molar-refractivity contribution is 6.33. The molecule has 0 amide bonds. The first-order valence-electron chi connectivity index (χ1n) is 10.6. The molecule has 0 fully saturated rings. The molecule has 0 saturated heterocycles. The van der Waals surface area contributed by atoms with Gasteiger partial charge in [0.1, 0.15) is 0 Å². The Labute approximate surface area is 189 Å². The smallest absolute Gasteiger partial charge is 0.0730 e. The van der Waals surface area contributed by atoms with E-state index in [2.05, 4.69) is 79.4 Å². The fourth-order valence-electron chi connectivity index (χ4n) is 3.76. The molecule has 0 aromatic heterocycles. The van der Waals surface area contributed by atoms with Gasteiger partial charge in [0, 0.05) is 29.7 Å². The van der Waals surface area contributed by atoms with Crippen molar-refractivity contribution in [2.24, 2.45) is 5.10 Å². The number of benzene rings is 4. The Bertz CT molecular complexity index is 1180. The van der Waals surface area contributed by atoms with E-state index in [0.29, 0.717) is 5.02 Å². The molecule has 3 nitrogen and oxygen atoms in total. The first-order chi connectivity index (χ1) is 15.2. The molecule has 0 atom stereocenters. The minimum absolute atomic E-state index is 0.694. The number of hydrazone groups is 1. The summed E-state index contributed by atoms with van der Waals surface area (Å²) in [7, 11) is 0. The Kier molecular flexibility index (Phi) is 6.54. The van der Waals surface area contributed by atoms with Crippen LogP contribution in [0.15, 0.2) is 96.1 Å². The van der Waals surface area contributed by atoms with Gasteiger partial charge in [0.2, 0.25) is 0 Å². The lowest BCUT2D eigenvalue weighted by Crippen LogP contribution is -2.21. The molecule has 4 heteroatoms. The summed E-state index contributed by atoms with van der Waals surface area (Å²) in [5, 5.41) is 9.86. The average Bonchev–Trinajstić information content (AvgIpc) is 2.82. The maximum atomic E-state index is 6.62. The summed E-state index contributed by atoms with van der Waals surface area (Å²) in [6, 6.07) is 31.0. The van der Waals surface area contributed by atoms with Crippen LogP contribution >= 0.6 is 11.6 Å². The number of halogens is 1. The number of para-hydroxylation sites is 1. The minimum atomic E-state index is 0.694. The van der Waals surface area contributed by atoms with E-state index in [1.165, 1.54) is 5.39 Å². The maximum Gasteiger partial charge on any atom is 0.0730 e. The molecular formula is C27H26ClN3. The normalized spacial score (nSPS) is 11.2. The summed E-state index contributed by atoms with van der Waals surface area (Å²) in [6.45, 7) is 6.19. The monoisotopic (exact) mass is 427 g/mol. The standard InChI is InChI=1S/C27H26ClN3/c1-3-30(4-2)24-18-17-22(26(28)19-24)20-29-31(23-13-6-5-7-14-23)27-16-10-12-21-11-8-9-15-25(21)27/h5-20H,3-4H2,1-2H3/b29-20-. The molecular weight excluding hydrogens is 402 g/mol. The van der Waals surface area contributed by atoms with Crippen molar-refractivity contribution in [2.75, 3.05) is 23.0 Å². The highest BCUT2D eigenvalue weighted by atomic mass is 35.5. The third kappa shape index (κ3) is 4.57. The van der Waals surface area contributed by atoms with Crippen molar-refractivity contribution in [3.05, 3.63) is 102 Å². The Morgan fingerprint density at radius 1 is 0.774 bits per heavy atom. The number of rotatable bonds is 7. The van der Waals surface area contributed by atoms with E-state index in [9.17, 15) is 0 Å². The third-order valence-electron chi connectivity index (χ3n) is 5.42. The highest BCUT2D eigenvalue weighted by Gasteiger charge is 2.12. The Morgan fingerprint density at radius 2 is 1.48 bits per heavy atom. The molecule has 4 aromatic carbocycles. The van der Waals surface area contributed by atoms with Crippen LogP contribution in [-0.4, -0.2) is 19.3 Å². The number of hydrogen-bond donors (Lipinski definition) is 0. The lowest BCUT2D eigenvalue weighted by molar-refractivity contribution is 0.866. The van der Waals surface area contributed by atoms with Crippen molar-refractivity contribution in [1.82, 2.24) is 0 Å². The summed E-state index contributed by atoms with van der Waals surface area (Å²) in [6.07, 6.45) is 1.84. The lowest BCUT2D eigenvalue weighted by atomic mass is 10.1. The number of nitrogens with zero attached hydrogens (tertiary/aromatic N) is 3. The molecule has 4 rings (SSSR count). The van der Waals surface area contributed by atoms with Crippen LogP contribution in [0.5, 0.6) is 0 Å². The van der Waals surface area contributed by atoms with Crippen molar-refractivity contribution >= 4 is 45.7 Å². The average molecular weight is 428 g/mol. The second kappa shape index (κ2) is 9.67. The minimum Gasteiger partial charge on any atom is -0.372 e. The predicted octanol–water partition coefficient (Wildman–Crippen LogP) is 7.51. The zero-order valence-corrected chi connectivity index (χ0v) is 18.6. The van der Waals surface area contributed by atoms with Gasteiger partial charge in [0.25, 0.3) is 0 Å². The van der Waals surface area contributed by atoms with Crippen LogP contribution in [0, 0.1) is 0 Å². The summed E-state index contributed by atoms with van der Waals surface area (Å²) in [5.74, 6) is 0. The van der Waals surface area contributed by atoms with Crippen LogP contribution in [0.3, 0.4) is 0 Å².